The first-order chi connectivity index (χ1) is 10.9. The average Bonchev–Trinajstić information content (AvgIpc) is 2.51. The highest BCUT2D eigenvalue weighted by Crippen LogP contribution is 2.29. The van der Waals surface area contributed by atoms with E-state index in [1.807, 2.05) is 12.1 Å². The molecule has 0 saturated heterocycles. The van der Waals surface area contributed by atoms with Gasteiger partial charge < -0.3 is 5.11 Å². The maximum absolute atomic E-state index is 12.5. The van der Waals surface area contributed by atoms with E-state index in [0.29, 0.717) is 31.2 Å². The molecule has 0 aliphatic carbocycles. The first-order valence-electron chi connectivity index (χ1n) is 7.30. The van der Waals surface area contributed by atoms with Crippen molar-refractivity contribution in [1.29, 1.82) is 0 Å². The van der Waals surface area contributed by atoms with E-state index < -0.39 is 16.0 Å². The van der Waals surface area contributed by atoms with Crippen LogP contribution in [0.5, 0.6) is 0 Å². The van der Waals surface area contributed by atoms with E-state index in [9.17, 15) is 13.2 Å². The second-order valence-corrected chi connectivity index (χ2v) is 7.78. The molecule has 0 saturated carbocycles. The van der Waals surface area contributed by atoms with Gasteiger partial charge in [-0.3, -0.25) is 4.79 Å². The Labute approximate surface area is 143 Å². The van der Waals surface area contributed by atoms with E-state index in [4.69, 9.17) is 5.11 Å². The van der Waals surface area contributed by atoms with Crippen molar-refractivity contribution in [3.8, 4) is 0 Å². The molecule has 2 N–H and O–H groups in total. The third-order valence-corrected chi connectivity index (χ3v) is 5.69. The Morgan fingerprint density at radius 3 is 2.43 bits per heavy atom. The Morgan fingerprint density at radius 2 is 1.74 bits per heavy atom. The number of carboxylic acids is 1. The second kappa shape index (κ2) is 7.90. The molecule has 0 amide bonds. The second-order valence-electron chi connectivity index (χ2n) is 5.19. The lowest BCUT2D eigenvalue weighted by atomic mass is 10.1. The van der Waals surface area contributed by atoms with Gasteiger partial charge in [-0.25, -0.2) is 13.1 Å². The zero-order chi connectivity index (χ0) is 16.9. The Bertz CT molecular complexity index is 805. The minimum Gasteiger partial charge on any atom is -0.481 e. The molecule has 2 aromatic rings. The summed E-state index contributed by atoms with van der Waals surface area (Å²) in [5.41, 5.74) is 0. The number of nitrogens with one attached hydrogen (secondary N) is 1. The van der Waals surface area contributed by atoms with Gasteiger partial charge in [0.15, 0.2) is 0 Å². The molecule has 0 aromatic heterocycles. The molecule has 0 aliphatic heterocycles. The summed E-state index contributed by atoms with van der Waals surface area (Å²) in [4.78, 5) is 10.7. The van der Waals surface area contributed by atoms with E-state index in [2.05, 4.69) is 20.7 Å². The van der Waals surface area contributed by atoms with Gasteiger partial charge in [-0.15, -0.1) is 0 Å². The number of carboxylic acid groups (broad SMARTS) is 1. The topological polar surface area (TPSA) is 83.5 Å². The lowest BCUT2D eigenvalue weighted by Gasteiger charge is -2.10. The highest BCUT2D eigenvalue weighted by atomic mass is 79.9. The molecule has 0 bridgehead atoms. The number of benzene rings is 2. The summed E-state index contributed by atoms with van der Waals surface area (Å²) in [5.74, 6) is -0.827. The molecule has 7 heteroatoms. The predicted molar refractivity (Wildman–Crippen MR) is 92.9 cm³/mol. The molecule has 23 heavy (non-hydrogen) atoms. The van der Waals surface area contributed by atoms with Gasteiger partial charge in [0, 0.05) is 22.8 Å². The van der Waals surface area contributed by atoms with Gasteiger partial charge in [-0.05, 0) is 30.4 Å². The summed E-state index contributed by atoms with van der Waals surface area (Å²) in [5, 5.41) is 10.1. The minimum absolute atomic E-state index is 0.115. The Kier molecular flexibility index (Phi) is 6.15. The van der Waals surface area contributed by atoms with Crippen LogP contribution in [0.2, 0.25) is 0 Å². The number of aliphatic carboxylic acids is 1. The van der Waals surface area contributed by atoms with Crippen LogP contribution in [0.15, 0.2) is 45.8 Å². The van der Waals surface area contributed by atoms with Crippen LogP contribution in [-0.4, -0.2) is 26.0 Å². The van der Waals surface area contributed by atoms with Gasteiger partial charge in [0.2, 0.25) is 10.0 Å². The van der Waals surface area contributed by atoms with Crippen molar-refractivity contribution in [3.05, 3.63) is 40.9 Å². The molecule has 124 valence electrons. The fraction of sp³-hybridized carbons (Fsp3) is 0.312. The number of unbranched alkanes of at least 4 members (excludes halogenated alkanes) is 2. The lowest BCUT2D eigenvalue weighted by molar-refractivity contribution is -0.137. The maximum Gasteiger partial charge on any atom is 0.303 e. The van der Waals surface area contributed by atoms with Crippen molar-refractivity contribution < 1.29 is 18.3 Å². The van der Waals surface area contributed by atoms with Crippen LogP contribution >= 0.6 is 15.9 Å². The molecule has 0 aliphatic rings. The van der Waals surface area contributed by atoms with Gasteiger partial charge in [-0.2, -0.15) is 0 Å². The third kappa shape index (κ3) is 4.76. The fourth-order valence-corrected chi connectivity index (χ4v) is 4.09. The molecule has 5 nitrogen and oxygen atoms in total. The van der Waals surface area contributed by atoms with Crippen molar-refractivity contribution >= 4 is 42.7 Å². The molecule has 2 aromatic carbocycles. The maximum atomic E-state index is 12.5. The number of carbonyl (C=O) groups is 1. The van der Waals surface area contributed by atoms with Gasteiger partial charge in [0.05, 0.1) is 4.90 Å². The normalized spacial score (nSPS) is 11.7. The minimum atomic E-state index is -3.59. The van der Waals surface area contributed by atoms with E-state index in [1.165, 1.54) is 0 Å². The summed E-state index contributed by atoms with van der Waals surface area (Å²) in [6, 6.07) is 10.6. The number of fused-ring (bicyclic) bond motifs is 1. The SMILES string of the molecule is O=C(O)CCCCCNS(=O)(=O)c1ccc(Br)c2ccccc12. The van der Waals surface area contributed by atoms with Crippen LogP contribution in [0.25, 0.3) is 10.8 Å². The van der Waals surface area contributed by atoms with E-state index >= 15 is 0 Å². The Morgan fingerprint density at radius 1 is 1.04 bits per heavy atom. The van der Waals surface area contributed by atoms with Crippen molar-refractivity contribution in [1.82, 2.24) is 4.72 Å². The van der Waals surface area contributed by atoms with Crippen LogP contribution in [0.4, 0.5) is 0 Å². The van der Waals surface area contributed by atoms with E-state index in [-0.39, 0.29) is 11.3 Å². The Hall–Kier alpha value is -1.44. The summed E-state index contributed by atoms with van der Waals surface area (Å²) in [6.45, 7) is 0.298. The largest absolute Gasteiger partial charge is 0.481 e. The molecule has 0 fully saturated rings. The van der Waals surface area contributed by atoms with Crippen LogP contribution < -0.4 is 4.72 Å². The molecule has 0 spiro atoms. The highest BCUT2D eigenvalue weighted by molar-refractivity contribution is 9.10. The number of hydrogen-bond acceptors (Lipinski definition) is 3. The number of hydrogen-bond donors (Lipinski definition) is 2. The monoisotopic (exact) mass is 399 g/mol. The fourth-order valence-electron chi connectivity index (χ4n) is 2.33. The first-order valence-corrected chi connectivity index (χ1v) is 9.58. The summed E-state index contributed by atoms with van der Waals surface area (Å²) < 4.78 is 28.4. The molecular weight excluding hydrogens is 382 g/mol. The number of sulfonamides is 1. The van der Waals surface area contributed by atoms with Crippen LogP contribution in [0, 0.1) is 0 Å². The van der Waals surface area contributed by atoms with Crippen molar-refractivity contribution in [2.45, 2.75) is 30.6 Å². The van der Waals surface area contributed by atoms with Gasteiger partial charge in [-0.1, -0.05) is 46.6 Å². The Balaban J connectivity index is 2.06. The average molecular weight is 400 g/mol. The van der Waals surface area contributed by atoms with Gasteiger partial charge in [0.1, 0.15) is 0 Å². The zero-order valence-electron chi connectivity index (χ0n) is 12.5. The number of rotatable bonds is 8. The first kappa shape index (κ1) is 17.9. The summed E-state index contributed by atoms with van der Waals surface area (Å²) in [7, 11) is -3.59. The molecule has 0 heterocycles. The van der Waals surface area contributed by atoms with Crippen molar-refractivity contribution in [2.75, 3.05) is 6.54 Å². The predicted octanol–water partition coefficient (Wildman–Crippen LogP) is 3.53. The summed E-state index contributed by atoms with van der Waals surface area (Å²) in [6.07, 6.45) is 1.96. The van der Waals surface area contributed by atoms with Crippen LogP contribution in [0.1, 0.15) is 25.7 Å². The molecular formula is C16H18BrNO4S. The highest BCUT2D eigenvalue weighted by Gasteiger charge is 2.17. The van der Waals surface area contributed by atoms with Crippen LogP contribution in [0.3, 0.4) is 0 Å². The summed E-state index contributed by atoms with van der Waals surface area (Å²) >= 11 is 3.43. The molecule has 2 rings (SSSR count). The molecule has 0 atom stereocenters. The van der Waals surface area contributed by atoms with E-state index in [0.717, 1.165) is 9.86 Å². The third-order valence-electron chi connectivity index (χ3n) is 3.48. The van der Waals surface area contributed by atoms with E-state index in [1.54, 1.807) is 24.3 Å². The standard InChI is InChI=1S/C16H18BrNO4S/c17-14-9-10-15(13-7-4-3-6-12(13)14)23(21,22)18-11-5-1-2-8-16(19)20/h3-4,6-7,9-10,18H,1-2,5,8,11H2,(H,19,20). The van der Waals surface area contributed by atoms with Crippen molar-refractivity contribution in [2.24, 2.45) is 0 Å². The molecule has 0 unspecified atom stereocenters. The number of halogens is 1. The lowest BCUT2D eigenvalue weighted by Crippen LogP contribution is -2.25. The van der Waals surface area contributed by atoms with Crippen molar-refractivity contribution in [3.63, 3.8) is 0 Å². The molecule has 0 radical (unpaired) electrons. The van der Waals surface area contributed by atoms with Gasteiger partial charge in [0.25, 0.3) is 0 Å². The smallest absolute Gasteiger partial charge is 0.303 e. The van der Waals surface area contributed by atoms with Gasteiger partial charge >= 0.3 is 5.97 Å². The quantitative estimate of drug-likeness (QED) is 0.665. The zero-order valence-corrected chi connectivity index (χ0v) is 14.9. The van der Waals surface area contributed by atoms with Crippen LogP contribution in [-0.2, 0) is 14.8 Å².